The molecule has 10 nitrogen and oxygen atoms in total. The normalized spacial score (nSPS) is 16.4. The minimum atomic E-state index is -0.298. The zero-order chi connectivity index (χ0) is 25.1. The van der Waals surface area contributed by atoms with Crippen LogP contribution in [-0.2, 0) is 12.8 Å². The molecule has 0 unspecified atom stereocenters. The van der Waals surface area contributed by atoms with Crippen molar-refractivity contribution >= 4 is 52.5 Å². The first-order chi connectivity index (χ1) is 17.5. The number of rotatable bonds is 2. The number of carbonyl (C=O) groups is 2. The number of benzene rings is 2. The molecule has 5 N–H and O–H groups in total. The Morgan fingerprint density at radius 2 is 1.97 bits per heavy atom. The van der Waals surface area contributed by atoms with Crippen LogP contribution in [-0.4, -0.2) is 53.1 Å². The van der Waals surface area contributed by atoms with E-state index in [0.29, 0.717) is 42.7 Å². The van der Waals surface area contributed by atoms with Crippen molar-refractivity contribution in [2.45, 2.75) is 25.3 Å². The smallest absolute Gasteiger partial charge is 0.319 e. The molecule has 36 heavy (non-hydrogen) atoms. The van der Waals surface area contributed by atoms with E-state index in [9.17, 15) is 9.59 Å². The van der Waals surface area contributed by atoms with Crippen LogP contribution in [0.5, 0.6) is 0 Å². The lowest BCUT2D eigenvalue weighted by atomic mass is 10.0. The first kappa shape index (κ1) is 23.7. The average molecular weight is 507 g/mol. The van der Waals surface area contributed by atoms with Crippen LogP contribution < -0.4 is 26.6 Å². The number of urea groups is 2. The molecule has 1 fully saturated rings. The summed E-state index contributed by atoms with van der Waals surface area (Å²) in [6, 6.07) is 13.3. The van der Waals surface area contributed by atoms with E-state index in [1.54, 1.807) is 18.1 Å². The summed E-state index contributed by atoms with van der Waals surface area (Å²) in [7, 11) is 1.60. The van der Waals surface area contributed by atoms with E-state index in [-0.39, 0.29) is 18.1 Å². The molecule has 11 heteroatoms. The number of hydrogen-bond acceptors (Lipinski definition) is 6. The van der Waals surface area contributed by atoms with Crippen molar-refractivity contribution < 1.29 is 9.59 Å². The Morgan fingerprint density at radius 1 is 1.11 bits per heavy atom. The Kier molecular flexibility index (Phi) is 6.77. The highest BCUT2D eigenvalue weighted by atomic mass is 35.5. The van der Waals surface area contributed by atoms with Gasteiger partial charge in [-0.15, -0.1) is 0 Å². The summed E-state index contributed by atoms with van der Waals surface area (Å²) in [6.45, 7) is 1.09. The molecule has 3 aromatic rings. The van der Waals surface area contributed by atoms with Gasteiger partial charge in [-0.2, -0.15) is 4.98 Å². The summed E-state index contributed by atoms with van der Waals surface area (Å²) in [4.78, 5) is 35.1. The summed E-state index contributed by atoms with van der Waals surface area (Å²) in [5.74, 6) is 0.922. The molecular formula is C25H27ClN8O2. The maximum Gasteiger partial charge on any atom is 0.319 e. The molecule has 2 aromatic carbocycles. The van der Waals surface area contributed by atoms with Gasteiger partial charge >= 0.3 is 12.1 Å². The number of anilines is 5. The second-order valence-electron chi connectivity index (χ2n) is 8.80. The van der Waals surface area contributed by atoms with Gasteiger partial charge in [-0.3, -0.25) is 0 Å². The van der Waals surface area contributed by atoms with Crippen LogP contribution in [0.4, 0.5) is 38.4 Å². The van der Waals surface area contributed by atoms with Gasteiger partial charge in [0.15, 0.2) is 5.82 Å². The quantitative estimate of drug-likeness (QED) is 0.354. The lowest BCUT2D eigenvalue weighted by Gasteiger charge is -2.18. The second kappa shape index (κ2) is 10.3. The van der Waals surface area contributed by atoms with Gasteiger partial charge in [0.2, 0.25) is 5.95 Å². The third kappa shape index (κ3) is 5.44. The maximum atomic E-state index is 12.8. The summed E-state index contributed by atoms with van der Waals surface area (Å²) in [6.07, 6.45) is 3.75. The van der Waals surface area contributed by atoms with Gasteiger partial charge in [-0.25, -0.2) is 14.6 Å². The van der Waals surface area contributed by atoms with Gasteiger partial charge in [0, 0.05) is 43.2 Å². The Bertz CT molecular complexity index is 1300. The fourth-order valence-electron chi connectivity index (χ4n) is 4.43. The highest BCUT2D eigenvalue weighted by Crippen LogP contribution is 2.29. The van der Waals surface area contributed by atoms with E-state index in [1.807, 2.05) is 30.3 Å². The zero-order valence-electron chi connectivity index (χ0n) is 19.8. The number of halogens is 1. The van der Waals surface area contributed by atoms with Crippen LogP contribution in [0.15, 0.2) is 48.7 Å². The summed E-state index contributed by atoms with van der Waals surface area (Å²) in [5.41, 5.74) is 4.51. The zero-order valence-corrected chi connectivity index (χ0v) is 20.5. The van der Waals surface area contributed by atoms with E-state index in [2.05, 4.69) is 48.7 Å². The molecule has 0 spiro atoms. The van der Waals surface area contributed by atoms with E-state index < -0.39 is 0 Å². The summed E-state index contributed by atoms with van der Waals surface area (Å²) >= 11 is 6.34. The number of nitrogens with zero attached hydrogens (tertiary/aromatic N) is 3. The first-order valence-electron chi connectivity index (χ1n) is 11.8. The first-order valence-corrected chi connectivity index (χ1v) is 12.2. The lowest BCUT2D eigenvalue weighted by molar-refractivity contribution is 0.209. The SMILES string of the molecule is CNC(=O)N1CC[C@H](NC(=O)Nc2ccc3cc2CCc2cccc(c2)Nc2ncc(Cl)c(n2)N3)C1. The van der Waals surface area contributed by atoms with Crippen LogP contribution in [0.2, 0.25) is 5.02 Å². The number of carbonyl (C=O) groups excluding carboxylic acids is 2. The van der Waals surface area contributed by atoms with Crippen molar-refractivity contribution in [2.75, 3.05) is 36.1 Å². The van der Waals surface area contributed by atoms with Gasteiger partial charge in [0.05, 0.1) is 6.20 Å². The molecule has 0 aliphatic carbocycles. The van der Waals surface area contributed by atoms with Gasteiger partial charge < -0.3 is 31.5 Å². The van der Waals surface area contributed by atoms with Crippen molar-refractivity contribution in [2.24, 2.45) is 0 Å². The van der Waals surface area contributed by atoms with Crippen LogP contribution >= 0.6 is 11.6 Å². The Balaban J connectivity index is 1.37. The minimum absolute atomic E-state index is 0.0994. The maximum absolute atomic E-state index is 12.8. The van der Waals surface area contributed by atoms with Gasteiger partial charge in [0.1, 0.15) is 5.02 Å². The van der Waals surface area contributed by atoms with Gasteiger partial charge in [-0.1, -0.05) is 23.7 Å². The summed E-state index contributed by atoms with van der Waals surface area (Å²) < 4.78 is 0. The Hall–Kier alpha value is -4.05. The van der Waals surface area contributed by atoms with Crippen molar-refractivity contribution in [3.8, 4) is 0 Å². The molecule has 4 amide bonds. The van der Waals surface area contributed by atoms with E-state index in [0.717, 1.165) is 34.6 Å². The standard InChI is InChI=1S/C25H27ClN8O2/c1-27-25(36)34-10-9-19(14-34)31-24(35)32-21-8-7-18-12-16(21)6-5-15-3-2-4-17(11-15)30-23-28-13-20(26)22(29-18)33-23/h2-4,7-8,11-13,19H,5-6,9-10,14H2,1H3,(H,27,36)(H2,31,32,35)(H2,28,29,30,33)/t19-/m0/s1. The molecule has 0 radical (unpaired) electrons. The van der Waals surface area contributed by atoms with E-state index in [4.69, 9.17) is 11.6 Å². The fourth-order valence-corrected chi connectivity index (χ4v) is 4.57. The number of aromatic nitrogens is 2. The number of likely N-dealkylation sites (tertiary alicyclic amines) is 1. The van der Waals surface area contributed by atoms with Crippen LogP contribution in [0.25, 0.3) is 0 Å². The minimum Gasteiger partial charge on any atom is -0.341 e. The highest BCUT2D eigenvalue weighted by Gasteiger charge is 2.27. The average Bonchev–Trinajstić information content (AvgIpc) is 3.33. The molecule has 6 bridgehead atoms. The van der Waals surface area contributed by atoms with E-state index in [1.165, 1.54) is 0 Å². The predicted molar refractivity (Wildman–Crippen MR) is 140 cm³/mol. The largest absolute Gasteiger partial charge is 0.341 e. The van der Waals surface area contributed by atoms with E-state index >= 15 is 0 Å². The molecular weight excluding hydrogens is 480 g/mol. The van der Waals surface area contributed by atoms with Crippen molar-refractivity contribution in [1.82, 2.24) is 25.5 Å². The fraction of sp³-hybridized carbons (Fsp3) is 0.280. The topological polar surface area (TPSA) is 123 Å². The number of fused-ring (bicyclic) bond motifs is 6. The third-order valence-electron chi connectivity index (χ3n) is 6.25. The van der Waals surface area contributed by atoms with Crippen molar-refractivity contribution in [1.29, 1.82) is 0 Å². The number of aryl methyl sites for hydroxylation is 2. The molecule has 1 atom stereocenters. The van der Waals surface area contributed by atoms with Crippen LogP contribution in [0, 0.1) is 0 Å². The lowest BCUT2D eigenvalue weighted by Crippen LogP contribution is -2.42. The van der Waals surface area contributed by atoms with Crippen molar-refractivity contribution in [3.05, 3.63) is 64.8 Å². The van der Waals surface area contributed by atoms with Gasteiger partial charge in [0.25, 0.3) is 0 Å². The molecule has 3 heterocycles. The summed E-state index contributed by atoms with van der Waals surface area (Å²) in [5, 5.41) is 15.5. The molecule has 186 valence electrons. The molecule has 1 aromatic heterocycles. The molecule has 5 rings (SSSR count). The van der Waals surface area contributed by atoms with Gasteiger partial charge in [-0.05, 0) is 60.7 Å². The number of nitrogens with one attached hydrogen (secondary N) is 5. The van der Waals surface area contributed by atoms with Crippen LogP contribution in [0.3, 0.4) is 0 Å². The molecule has 1 saturated heterocycles. The highest BCUT2D eigenvalue weighted by molar-refractivity contribution is 6.32. The third-order valence-corrected chi connectivity index (χ3v) is 6.53. The number of amides is 4. The molecule has 2 aliphatic rings. The molecule has 2 aliphatic heterocycles. The second-order valence-corrected chi connectivity index (χ2v) is 9.20. The number of hydrogen-bond donors (Lipinski definition) is 5. The Labute approximate surface area is 213 Å². The molecule has 0 saturated carbocycles. The van der Waals surface area contributed by atoms with Crippen LogP contribution in [0.1, 0.15) is 17.5 Å². The van der Waals surface area contributed by atoms with Crippen molar-refractivity contribution in [3.63, 3.8) is 0 Å². The predicted octanol–water partition coefficient (Wildman–Crippen LogP) is 4.25. The Morgan fingerprint density at radius 3 is 2.83 bits per heavy atom. The monoisotopic (exact) mass is 506 g/mol.